The predicted octanol–water partition coefficient (Wildman–Crippen LogP) is 3.83. The molecule has 1 heterocycles. The van der Waals surface area contributed by atoms with Crippen LogP contribution in [0.2, 0.25) is 5.02 Å². The Balaban J connectivity index is 1.69. The molecule has 1 aliphatic heterocycles. The van der Waals surface area contributed by atoms with Crippen LogP contribution < -0.4 is 0 Å². The fraction of sp³-hybridized carbons (Fsp3) is 0.250. The summed E-state index contributed by atoms with van der Waals surface area (Å²) < 4.78 is 0. The van der Waals surface area contributed by atoms with Gasteiger partial charge in [-0.1, -0.05) is 23.3 Å². The van der Waals surface area contributed by atoms with E-state index in [9.17, 15) is 29.3 Å². The van der Waals surface area contributed by atoms with E-state index in [0.29, 0.717) is 17.9 Å². The molecule has 2 atom stereocenters. The number of imide groups is 1. The number of Topliss-reactive ketones (excluding diaryl/α,β-unsaturated/α-hetero) is 1. The first-order valence-corrected chi connectivity index (χ1v) is 10.9. The van der Waals surface area contributed by atoms with Gasteiger partial charge in [-0.15, -0.1) is 0 Å². The van der Waals surface area contributed by atoms with Crippen LogP contribution >= 0.6 is 11.6 Å². The summed E-state index contributed by atoms with van der Waals surface area (Å²) in [5.74, 6) is -3.58. The van der Waals surface area contributed by atoms with Crippen LogP contribution in [0.3, 0.4) is 0 Å². The van der Waals surface area contributed by atoms with Crippen molar-refractivity contribution in [2.75, 3.05) is 6.54 Å². The number of nitro benzene ring substituents is 1. The van der Waals surface area contributed by atoms with Crippen molar-refractivity contribution < 1.29 is 24.1 Å². The lowest BCUT2D eigenvalue weighted by atomic mass is 9.82. The van der Waals surface area contributed by atoms with Crippen molar-refractivity contribution in [2.24, 2.45) is 11.8 Å². The van der Waals surface area contributed by atoms with E-state index < -0.39 is 46.8 Å². The van der Waals surface area contributed by atoms with Gasteiger partial charge in [-0.25, -0.2) is 5.01 Å². The number of allylic oxidation sites excluding steroid dienone is 2. The van der Waals surface area contributed by atoms with Crippen molar-refractivity contribution >= 4 is 40.8 Å². The summed E-state index contributed by atoms with van der Waals surface area (Å²) in [6, 6.07) is 10.8. The fourth-order valence-electron chi connectivity index (χ4n) is 4.23. The van der Waals surface area contributed by atoms with E-state index in [1.54, 1.807) is 0 Å². The topological polar surface area (TPSA) is 118 Å². The quantitative estimate of drug-likeness (QED) is 0.203. The summed E-state index contributed by atoms with van der Waals surface area (Å²) in [7, 11) is 0. The van der Waals surface area contributed by atoms with Crippen LogP contribution in [0, 0.1) is 22.0 Å². The lowest BCUT2D eigenvalue weighted by molar-refractivity contribution is -0.384. The number of halogens is 1. The molecule has 2 aliphatic rings. The molecule has 0 N–H and O–H groups in total. The fourth-order valence-corrected chi connectivity index (χ4v) is 4.36. The number of ketones is 1. The highest BCUT2D eigenvalue weighted by molar-refractivity contribution is 6.30. The number of hydrazine groups is 1. The number of non-ortho nitro benzene ring substituents is 1. The zero-order valence-electron chi connectivity index (χ0n) is 18.1. The minimum absolute atomic E-state index is 0.000663. The van der Waals surface area contributed by atoms with E-state index in [-0.39, 0.29) is 16.8 Å². The normalized spacial score (nSPS) is 19.5. The van der Waals surface area contributed by atoms with Gasteiger partial charge in [0.15, 0.2) is 5.78 Å². The third kappa shape index (κ3) is 4.34. The highest BCUT2D eigenvalue weighted by Crippen LogP contribution is 2.38. The number of hydrogen-bond acceptors (Lipinski definition) is 6. The maximum atomic E-state index is 13.4. The lowest BCUT2D eigenvalue weighted by Crippen LogP contribution is -2.52. The highest BCUT2D eigenvalue weighted by atomic mass is 35.5. The largest absolute Gasteiger partial charge is 0.292 e. The minimum Gasteiger partial charge on any atom is -0.292 e. The summed E-state index contributed by atoms with van der Waals surface area (Å²) in [4.78, 5) is 63.2. The summed E-state index contributed by atoms with van der Waals surface area (Å²) in [6.07, 6.45) is 2.68. The van der Waals surface area contributed by atoms with Crippen LogP contribution in [-0.4, -0.2) is 45.0 Å². The molecule has 174 valence electrons. The van der Waals surface area contributed by atoms with Crippen LogP contribution in [0.5, 0.6) is 0 Å². The van der Waals surface area contributed by atoms with Crippen molar-refractivity contribution in [3.8, 4) is 0 Å². The third-order valence-corrected chi connectivity index (χ3v) is 6.31. The van der Waals surface area contributed by atoms with Gasteiger partial charge in [0.2, 0.25) is 0 Å². The standard InChI is InChI=1S/C24H20ClN3O6/c1-14-2-11-19-20(12-14)24(32)27(23(19)31)26(13-21(29)15-3-7-17(25)8-4-15)22(30)16-5-9-18(10-6-16)28(33)34/h2-10,19-20H,11-13H2,1H3/t19-,20-/m1/s1. The maximum Gasteiger partial charge on any atom is 0.273 e. The van der Waals surface area contributed by atoms with Gasteiger partial charge < -0.3 is 0 Å². The molecule has 1 saturated heterocycles. The second-order valence-corrected chi connectivity index (χ2v) is 8.72. The Morgan fingerprint density at radius 1 is 1.03 bits per heavy atom. The molecular formula is C24H20ClN3O6. The van der Waals surface area contributed by atoms with Crippen molar-refractivity contribution in [3.05, 3.63) is 86.4 Å². The Hall–Kier alpha value is -3.85. The van der Waals surface area contributed by atoms with Gasteiger partial charge in [-0.05, 0) is 56.2 Å². The molecular weight excluding hydrogens is 462 g/mol. The Bertz CT molecular complexity index is 1220. The molecule has 0 radical (unpaired) electrons. The van der Waals surface area contributed by atoms with Gasteiger partial charge in [0, 0.05) is 28.3 Å². The van der Waals surface area contributed by atoms with Gasteiger partial charge in [0.1, 0.15) is 6.54 Å². The van der Waals surface area contributed by atoms with Crippen LogP contribution in [0.25, 0.3) is 0 Å². The van der Waals surface area contributed by atoms with Gasteiger partial charge in [-0.3, -0.25) is 29.3 Å². The first-order chi connectivity index (χ1) is 16.2. The number of carbonyl (C=O) groups excluding carboxylic acids is 4. The second kappa shape index (κ2) is 9.18. The molecule has 0 aromatic heterocycles. The molecule has 0 bridgehead atoms. The molecule has 2 aromatic rings. The molecule has 0 spiro atoms. The van der Waals surface area contributed by atoms with Crippen LogP contribution in [-0.2, 0) is 9.59 Å². The average Bonchev–Trinajstić information content (AvgIpc) is 3.06. The number of benzene rings is 2. The summed E-state index contributed by atoms with van der Waals surface area (Å²) in [6.45, 7) is 1.31. The molecule has 0 saturated carbocycles. The Morgan fingerprint density at radius 2 is 1.62 bits per heavy atom. The first-order valence-electron chi connectivity index (χ1n) is 10.6. The van der Waals surface area contributed by atoms with Crippen molar-refractivity contribution in [2.45, 2.75) is 19.8 Å². The zero-order valence-corrected chi connectivity index (χ0v) is 18.9. The van der Waals surface area contributed by atoms with Gasteiger partial charge in [0.25, 0.3) is 23.4 Å². The zero-order chi connectivity index (χ0) is 24.6. The predicted molar refractivity (Wildman–Crippen MR) is 122 cm³/mol. The third-order valence-electron chi connectivity index (χ3n) is 6.06. The highest BCUT2D eigenvalue weighted by Gasteiger charge is 2.51. The number of rotatable bonds is 6. The smallest absolute Gasteiger partial charge is 0.273 e. The molecule has 2 aromatic carbocycles. The Morgan fingerprint density at radius 3 is 2.24 bits per heavy atom. The average molecular weight is 482 g/mol. The van der Waals surface area contributed by atoms with Crippen molar-refractivity contribution in [1.82, 2.24) is 10.0 Å². The molecule has 4 rings (SSSR count). The minimum atomic E-state index is -0.790. The van der Waals surface area contributed by atoms with Crippen LogP contribution in [0.1, 0.15) is 40.5 Å². The molecule has 10 heteroatoms. The van der Waals surface area contributed by atoms with Crippen LogP contribution in [0.4, 0.5) is 5.69 Å². The lowest BCUT2D eigenvalue weighted by Gasteiger charge is -2.30. The number of carbonyl (C=O) groups is 4. The number of nitro groups is 1. The summed E-state index contributed by atoms with van der Waals surface area (Å²) in [5, 5.41) is 13.0. The Labute approximate surface area is 199 Å². The number of hydrogen-bond donors (Lipinski definition) is 0. The van der Waals surface area contributed by atoms with Crippen LogP contribution in [0.15, 0.2) is 60.2 Å². The van der Waals surface area contributed by atoms with Crippen molar-refractivity contribution in [1.29, 1.82) is 0 Å². The number of nitrogens with zero attached hydrogens (tertiary/aromatic N) is 3. The molecule has 1 aliphatic carbocycles. The van der Waals surface area contributed by atoms with E-state index in [1.165, 1.54) is 36.4 Å². The van der Waals surface area contributed by atoms with Gasteiger partial charge in [0.05, 0.1) is 16.8 Å². The number of amides is 3. The molecule has 9 nitrogen and oxygen atoms in total. The maximum absolute atomic E-state index is 13.4. The molecule has 34 heavy (non-hydrogen) atoms. The molecule has 0 unspecified atom stereocenters. The monoisotopic (exact) mass is 481 g/mol. The summed E-state index contributed by atoms with van der Waals surface area (Å²) >= 11 is 5.88. The van der Waals surface area contributed by atoms with E-state index in [2.05, 4.69) is 0 Å². The van der Waals surface area contributed by atoms with E-state index in [1.807, 2.05) is 13.0 Å². The molecule has 3 amide bonds. The van der Waals surface area contributed by atoms with E-state index in [0.717, 1.165) is 27.7 Å². The number of fused-ring (bicyclic) bond motifs is 1. The SMILES string of the molecule is CC1=CC[C@H]2C(=O)N(N(CC(=O)c3ccc(Cl)cc3)C(=O)c3ccc([N+](=O)[O-])cc3)C(=O)[C@@H]2C1. The second-order valence-electron chi connectivity index (χ2n) is 8.29. The van der Waals surface area contributed by atoms with Gasteiger partial charge >= 0.3 is 0 Å². The first kappa shape index (κ1) is 23.3. The summed E-state index contributed by atoms with van der Waals surface area (Å²) in [5.41, 5.74) is 1.01. The van der Waals surface area contributed by atoms with Crippen molar-refractivity contribution in [3.63, 3.8) is 0 Å². The van der Waals surface area contributed by atoms with E-state index >= 15 is 0 Å². The van der Waals surface area contributed by atoms with Gasteiger partial charge in [-0.2, -0.15) is 5.01 Å². The van der Waals surface area contributed by atoms with E-state index in [4.69, 9.17) is 11.6 Å². The molecule has 1 fully saturated rings. The Kier molecular flexibility index (Phi) is 6.30.